The summed E-state index contributed by atoms with van der Waals surface area (Å²) in [5.41, 5.74) is 1.45. The number of nitrogens with one attached hydrogen (secondary N) is 1. The number of non-ortho nitro benzene ring substituents is 1. The third-order valence-electron chi connectivity index (χ3n) is 4.25. The van der Waals surface area contributed by atoms with Crippen molar-refractivity contribution in [3.05, 3.63) is 70.3 Å². The first-order valence-corrected chi connectivity index (χ1v) is 8.60. The smallest absolute Gasteiger partial charge is 0.269 e. The van der Waals surface area contributed by atoms with Crippen LogP contribution >= 0.6 is 12.2 Å². The fraction of sp³-hybridized carbons (Fsp3) is 0.222. The maximum atomic E-state index is 12.3. The lowest BCUT2D eigenvalue weighted by Crippen LogP contribution is -2.52. The summed E-state index contributed by atoms with van der Waals surface area (Å²) in [6.45, 7) is 3.07. The highest BCUT2D eigenvalue weighted by molar-refractivity contribution is 7.80. The lowest BCUT2D eigenvalue weighted by molar-refractivity contribution is -0.384. The van der Waals surface area contributed by atoms with Gasteiger partial charge in [0, 0.05) is 49.6 Å². The minimum absolute atomic E-state index is 0.0545. The first-order valence-electron chi connectivity index (χ1n) is 8.19. The number of hydrogen-bond acceptors (Lipinski definition) is 5. The van der Waals surface area contributed by atoms with Crippen molar-refractivity contribution < 1.29 is 9.72 Å². The minimum atomic E-state index is -0.501. The van der Waals surface area contributed by atoms with Crippen LogP contribution in [0.1, 0.15) is 10.4 Å². The van der Waals surface area contributed by atoms with Gasteiger partial charge in [-0.05, 0) is 36.5 Å². The number of piperazine rings is 1. The molecule has 1 fully saturated rings. The Bertz CT molecular complexity index is 803. The maximum Gasteiger partial charge on any atom is 0.269 e. The maximum absolute atomic E-state index is 12.3. The number of rotatable bonds is 3. The molecule has 0 bridgehead atoms. The van der Waals surface area contributed by atoms with Gasteiger partial charge < -0.3 is 9.80 Å². The van der Waals surface area contributed by atoms with E-state index in [1.807, 2.05) is 23.1 Å². The molecule has 134 valence electrons. The summed E-state index contributed by atoms with van der Waals surface area (Å²) in [4.78, 5) is 26.7. The van der Waals surface area contributed by atoms with Gasteiger partial charge in [-0.1, -0.05) is 18.2 Å². The SMILES string of the molecule is O=C(NC(=S)N1CCN(c2ccccc2)CC1)c1ccc([N+](=O)[O-])cc1. The molecule has 0 saturated carbocycles. The van der Waals surface area contributed by atoms with Gasteiger partial charge in [-0.3, -0.25) is 20.2 Å². The van der Waals surface area contributed by atoms with Crippen LogP contribution in [0.25, 0.3) is 0 Å². The van der Waals surface area contributed by atoms with E-state index in [1.165, 1.54) is 30.0 Å². The predicted octanol–water partition coefficient (Wildman–Crippen LogP) is 2.43. The molecule has 7 nitrogen and oxygen atoms in total. The average Bonchev–Trinajstić information content (AvgIpc) is 2.68. The number of anilines is 1. The fourth-order valence-corrected chi connectivity index (χ4v) is 3.06. The van der Waals surface area contributed by atoms with E-state index in [2.05, 4.69) is 22.3 Å². The van der Waals surface area contributed by atoms with Crippen molar-refractivity contribution in [1.82, 2.24) is 10.2 Å². The molecule has 0 aliphatic carbocycles. The molecule has 1 heterocycles. The molecule has 0 spiro atoms. The molecule has 0 radical (unpaired) electrons. The van der Waals surface area contributed by atoms with Crippen LogP contribution < -0.4 is 10.2 Å². The second-order valence-electron chi connectivity index (χ2n) is 5.87. The van der Waals surface area contributed by atoms with Crippen LogP contribution in [-0.4, -0.2) is 47.0 Å². The fourth-order valence-electron chi connectivity index (χ4n) is 2.79. The number of benzene rings is 2. The van der Waals surface area contributed by atoms with E-state index in [9.17, 15) is 14.9 Å². The predicted molar refractivity (Wildman–Crippen MR) is 103 cm³/mol. The van der Waals surface area contributed by atoms with E-state index in [0.717, 1.165) is 13.1 Å². The van der Waals surface area contributed by atoms with E-state index in [0.29, 0.717) is 23.8 Å². The van der Waals surface area contributed by atoms with Crippen molar-refractivity contribution in [3.8, 4) is 0 Å². The first-order chi connectivity index (χ1) is 12.5. The van der Waals surface area contributed by atoms with Crippen molar-refractivity contribution >= 4 is 34.6 Å². The molecule has 1 N–H and O–H groups in total. The number of carbonyl (C=O) groups excluding carboxylic acids is 1. The molecule has 1 amide bonds. The van der Waals surface area contributed by atoms with Gasteiger partial charge >= 0.3 is 0 Å². The molecular formula is C18H18N4O3S. The number of nitrogens with zero attached hydrogens (tertiary/aromatic N) is 3. The topological polar surface area (TPSA) is 78.7 Å². The van der Waals surface area contributed by atoms with Crippen molar-refractivity contribution in [2.75, 3.05) is 31.1 Å². The van der Waals surface area contributed by atoms with Crippen molar-refractivity contribution in [2.24, 2.45) is 0 Å². The van der Waals surface area contributed by atoms with Gasteiger partial charge in [0.15, 0.2) is 5.11 Å². The summed E-state index contributed by atoms with van der Waals surface area (Å²) in [6, 6.07) is 15.6. The van der Waals surface area contributed by atoms with Crippen molar-refractivity contribution in [3.63, 3.8) is 0 Å². The zero-order chi connectivity index (χ0) is 18.5. The Kier molecular flexibility index (Phi) is 5.43. The summed E-state index contributed by atoms with van der Waals surface area (Å²) in [5, 5.41) is 13.7. The molecule has 26 heavy (non-hydrogen) atoms. The van der Waals surface area contributed by atoms with Crippen molar-refractivity contribution in [1.29, 1.82) is 0 Å². The summed E-state index contributed by atoms with van der Waals surface area (Å²) in [5.74, 6) is -0.365. The lowest BCUT2D eigenvalue weighted by Gasteiger charge is -2.37. The quantitative estimate of drug-likeness (QED) is 0.508. The highest BCUT2D eigenvalue weighted by Crippen LogP contribution is 2.16. The summed E-state index contributed by atoms with van der Waals surface area (Å²) >= 11 is 5.34. The average molecular weight is 370 g/mol. The molecule has 8 heteroatoms. The van der Waals surface area contributed by atoms with Gasteiger partial charge in [0.05, 0.1) is 4.92 Å². The van der Waals surface area contributed by atoms with Crippen LogP contribution in [0.3, 0.4) is 0 Å². The molecule has 1 saturated heterocycles. The van der Waals surface area contributed by atoms with E-state index in [-0.39, 0.29) is 11.6 Å². The number of nitro benzene ring substituents is 1. The van der Waals surface area contributed by atoms with Crippen LogP contribution in [-0.2, 0) is 0 Å². The molecule has 0 unspecified atom stereocenters. The first kappa shape index (κ1) is 17.8. The van der Waals surface area contributed by atoms with Crippen LogP contribution in [0, 0.1) is 10.1 Å². The molecule has 2 aromatic carbocycles. The number of nitro groups is 1. The normalized spacial score (nSPS) is 14.0. The van der Waals surface area contributed by atoms with Crippen LogP contribution in [0.2, 0.25) is 0 Å². The van der Waals surface area contributed by atoms with Gasteiger partial charge in [0.2, 0.25) is 0 Å². The molecule has 1 aliphatic heterocycles. The largest absolute Gasteiger partial charge is 0.368 e. The zero-order valence-corrected chi connectivity index (χ0v) is 14.8. The molecule has 3 rings (SSSR count). The molecule has 0 aromatic heterocycles. The van der Waals surface area contributed by atoms with Crippen LogP contribution in [0.15, 0.2) is 54.6 Å². The second kappa shape index (κ2) is 7.92. The monoisotopic (exact) mass is 370 g/mol. The number of thiocarbonyl (C=S) groups is 1. The highest BCUT2D eigenvalue weighted by atomic mass is 32.1. The number of carbonyl (C=O) groups is 1. The van der Waals surface area contributed by atoms with Gasteiger partial charge in [-0.2, -0.15) is 0 Å². The standard InChI is InChI=1S/C18H18N4O3S/c23-17(14-6-8-16(9-7-14)22(24)25)19-18(26)21-12-10-20(11-13-21)15-4-2-1-3-5-15/h1-9H,10-13H2,(H,19,23,26). The van der Waals surface area contributed by atoms with Crippen LogP contribution in [0.4, 0.5) is 11.4 Å². The molecule has 2 aromatic rings. The van der Waals surface area contributed by atoms with E-state index in [4.69, 9.17) is 12.2 Å². The Morgan fingerprint density at radius 1 is 1.00 bits per heavy atom. The summed E-state index contributed by atoms with van der Waals surface area (Å²) < 4.78 is 0. The van der Waals surface area contributed by atoms with Gasteiger partial charge in [-0.25, -0.2) is 0 Å². The zero-order valence-electron chi connectivity index (χ0n) is 14.0. The van der Waals surface area contributed by atoms with E-state index < -0.39 is 4.92 Å². The van der Waals surface area contributed by atoms with Crippen molar-refractivity contribution in [2.45, 2.75) is 0 Å². The second-order valence-corrected chi connectivity index (χ2v) is 6.26. The third kappa shape index (κ3) is 4.15. The highest BCUT2D eigenvalue weighted by Gasteiger charge is 2.20. The van der Waals surface area contributed by atoms with E-state index in [1.54, 1.807) is 0 Å². The lowest BCUT2D eigenvalue weighted by atomic mass is 10.2. The Hall–Kier alpha value is -3.00. The van der Waals surface area contributed by atoms with Gasteiger partial charge in [0.25, 0.3) is 11.6 Å². The Labute approximate surface area is 156 Å². The number of amides is 1. The molecular weight excluding hydrogens is 352 g/mol. The summed E-state index contributed by atoms with van der Waals surface area (Å²) in [6.07, 6.45) is 0. The Morgan fingerprint density at radius 2 is 1.62 bits per heavy atom. The third-order valence-corrected chi connectivity index (χ3v) is 4.61. The van der Waals surface area contributed by atoms with Gasteiger partial charge in [0.1, 0.15) is 0 Å². The molecule has 1 aliphatic rings. The molecule has 0 atom stereocenters. The van der Waals surface area contributed by atoms with Gasteiger partial charge in [-0.15, -0.1) is 0 Å². The van der Waals surface area contributed by atoms with E-state index >= 15 is 0 Å². The Morgan fingerprint density at radius 3 is 2.19 bits per heavy atom. The minimum Gasteiger partial charge on any atom is -0.368 e. The summed E-state index contributed by atoms with van der Waals surface area (Å²) in [7, 11) is 0. The number of hydrogen-bond donors (Lipinski definition) is 1. The number of para-hydroxylation sites is 1. The Balaban J connectivity index is 1.54. The van der Waals surface area contributed by atoms with Crippen LogP contribution in [0.5, 0.6) is 0 Å².